The summed E-state index contributed by atoms with van der Waals surface area (Å²) < 4.78 is 12.8. The number of likely N-dealkylation sites (tertiary alicyclic amines) is 1. The molecule has 3 rings (SSSR count). The number of aromatic nitrogens is 3. The van der Waals surface area contributed by atoms with Crippen molar-refractivity contribution in [3.63, 3.8) is 0 Å². The highest BCUT2D eigenvalue weighted by Gasteiger charge is 2.38. The summed E-state index contributed by atoms with van der Waals surface area (Å²) in [4.78, 5) is 17.7. The Kier molecular flexibility index (Phi) is 5.32. The summed E-state index contributed by atoms with van der Waals surface area (Å²) in [6, 6.07) is 3.65. The second-order valence-corrected chi connectivity index (χ2v) is 6.07. The van der Waals surface area contributed by atoms with Gasteiger partial charge in [-0.25, -0.2) is 0 Å². The number of hydrogen-bond donors (Lipinski definition) is 1. The molecule has 0 spiro atoms. The molecule has 2 aromatic heterocycles. The van der Waals surface area contributed by atoms with Gasteiger partial charge in [0.05, 0.1) is 31.6 Å². The summed E-state index contributed by atoms with van der Waals surface area (Å²) in [6.07, 6.45) is 7.19. The van der Waals surface area contributed by atoms with Gasteiger partial charge in [-0.3, -0.25) is 9.48 Å². The lowest BCUT2D eigenvalue weighted by Gasteiger charge is -2.27. The van der Waals surface area contributed by atoms with E-state index in [0.717, 1.165) is 18.4 Å². The first-order valence-corrected chi connectivity index (χ1v) is 8.21. The van der Waals surface area contributed by atoms with Crippen LogP contribution < -0.4 is 0 Å². The van der Waals surface area contributed by atoms with E-state index in [4.69, 9.17) is 9.47 Å². The molecule has 0 bridgehead atoms. The number of nitrogens with zero attached hydrogens (tertiary/aromatic N) is 3. The minimum atomic E-state index is 0.00172. The SMILES string of the molecule is COCCO[C@H]1CCN(C(=O)c2ccc[nH]2)[C@H]1Cc1cnn(C)c1. The molecule has 2 atom stereocenters. The average molecular weight is 332 g/mol. The molecule has 1 saturated heterocycles. The van der Waals surface area contributed by atoms with Gasteiger partial charge in [0.25, 0.3) is 5.91 Å². The predicted octanol–water partition coefficient (Wildman–Crippen LogP) is 1.24. The number of rotatable bonds is 7. The summed E-state index contributed by atoms with van der Waals surface area (Å²) in [6.45, 7) is 1.79. The molecule has 1 amide bonds. The molecule has 1 aliphatic rings. The third-order valence-corrected chi connectivity index (χ3v) is 4.40. The van der Waals surface area contributed by atoms with Gasteiger partial charge in [-0.15, -0.1) is 0 Å². The van der Waals surface area contributed by atoms with Gasteiger partial charge in [0.15, 0.2) is 0 Å². The topological polar surface area (TPSA) is 72.4 Å². The fourth-order valence-electron chi connectivity index (χ4n) is 3.23. The Bertz CT molecular complexity index is 653. The van der Waals surface area contributed by atoms with Crippen molar-refractivity contribution in [1.82, 2.24) is 19.7 Å². The van der Waals surface area contributed by atoms with Gasteiger partial charge in [0, 0.05) is 33.1 Å². The fourth-order valence-corrected chi connectivity index (χ4v) is 3.23. The van der Waals surface area contributed by atoms with Gasteiger partial charge in [0.1, 0.15) is 5.69 Å². The maximum atomic E-state index is 12.8. The quantitative estimate of drug-likeness (QED) is 0.774. The number of carbonyl (C=O) groups is 1. The molecule has 0 saturated carbocycles. The second kappa shape index (κ2) is 7.63. The Labute approximate surface area is 141 Å². The zero-order valence-electron chi connectivity index (χ0n) is 14.1. The van der Waals surface area contributed by atoms with E-state index in [9.17, 15) is 4.79 Å². The molecule has 1 fully saturated rings. The molecule has 1 N–H and O–H groups in total. The van der Waals surface area contributed by atoms with Crippen LogP contribution in [0.25, 0.3) is 0 Å². The Morgan fingerprint density at radius 1 is 1.46 bits per heavy atom. The van der Waals surface area contributed by atoms with Crippen molar-refractivity contribution in [2.45, 2.75) is 25.0 Å². The largest absolute Gasteiger partial charge is 0.382 e. The molecular weight excluding hydrogens is 308 g/mol. The molecular formula is C17H24N4O3. The molecule has 1 aliphatic heterocycles. The van der Waals surface area contributed by atoms with Crippen LogP contribution in [-0.2, 0) is 22.9 Å². The lowest BCUT2D eigenvalue weighted by atomic mass is 10.0. The number of aryl methyl sites for hydroxylation is 1. The van der Waals surface area contributed by atoms with Crippen LogP contribution >= 0.6 is 0 Å². The first-order valence-electron chi connectivity index (χ1n) is 8.21. The molecule has 0 unspecified atom stereocenters. The number of carbonyl (C=O) groups excluding carboxylic acids is 1. The molecule has 3 heterocycles. The van der Waals surface area contributed by atoms with Gasteiger partial charge in [0.2, 0.25) is 0 Å². The highest BCUT2D eigenvalue weighted by molar-refractivity contribution is 5.92. The van der Waals surface area contributed by atoms with E-state index in [-0.39, 0.29) is 18.1 Å². The third-order valence-electron chi connectivity index (χ3n) is 4.40. The van der Waals surface area contributed by atoms with E-state index < -0.39 is 0 Å². The van der Waals surface area contributed by atoms with E-state index >= 15 is 0 Å². The summed E-state index contributed by atoms with van der Waals surface area (Å²) in [5.74, 6) is 0.0201. The van der Waals surface area contributed by atoms with Crippen molar-refractivity contribution in [2.24, 2.45) is 7.05 Å². The van der Waals surface area contributed by atoms with Crippen LogP contribution in [0.5, 0.6) is 0 Å². The van der Waals surface area contributed by atoms with Crippen LogP contribution in [0.2, 0.25) is 0 Å². The fraction of sp³-hybridized carbons (Fsp3) is 0.529. The van der Waals surface area contributed by atoms with Gasteiger partial charge in [-0.05, 0) is 30.5 Å². The molecule has 0 aromatic carbocycles. The van der Waals surface area contributed by atoms with Crippen molar-refractivity contribution < 1.29 is 14.3 Å². The molecule has 130 valence electrons. The van der Waals surface area contributed by atoms with Gasteiger partial charge < -0.3 is 19.4 Å². The van der Waals surface area contributed by atoms with E-state index in [0.29, 0.717) is 25.5 Å². The minimum Gasteiger partial charge on any atom is -0.382 e. The van der Waals surface area contributed by atoms with Crippen molar-refractivity contribution in [3.05, 3.63) is 42.0 Å². The summed E-state index contributed by atoms with van der Waals surface area (Å²) >= 11 is 0. The van der Waals surface area contributed by atoms with Crippen molar-refractivity contribution in [3.8, 4) is 0 Å². The summed E-state index contributed by atoms with van der Waals surface area (Å²) in [5.41, 5.74) is 1.72. The standard InChI is InChI=1S/C17H24N4O3/c1-20-12-13(11-19-20)10-15-16(24-9-8-23-2)5-7-21(15)17(22)14-4-3-6-18-14/h3-4,6,11-12,15-16,18H,5,7-10H2,1-2H3/t15-,16-/m0/s1. The number of amides is 1. The first-order chi connectivity index (χ1) is 11.7. The Morgan fingerprint density at radius 3 is 3.00 bits per heavy atom. The van der Waals surface area contributed by atoms with Crippen LogP contribution in [0, 0.1) is 0 Å². The summed E-state index contributed by atoms with van der Waals surface area (Å²) in [5, 5.41) is 4.23. The van der Waals surface area contributed by atoms with E-state index in [1.54, 1.807) is 18.0 Å². The number of hydrogen-bond acceptors (Lipinski definition) is 4. The Balaban J connectivity index is 1.75. The maximum absolute atomic E-state index is 12.8. The van der Waals surface area contributed by atoms with E-state index in [1.165, 1.54) is 0 Å². The van der Waals surface area contributed by atoms with Crippen LogP contribution in [0.3, 0.4) is 0 Å². The zero-order chi connectivity index (χ0) is 16.9. The van der Waals surface area contributed by atoms with Crippen LogP contribution in [-0.4, -0.2) is 64.6 Å². The zero-order valence-corrected chi connectivity index (χ0v) is 14.1. The van der Waals surface area contributed by atoms with Crippen molar-refractivity contribution in [1.29, 1.82) is 0 Å². The Morgan fingerprint density at radius 2 is 2.33 bits per heavy atom. The van der Waals surface area contributed by atoms with Crippen LogP contribution in [0.4, 0.5) is 0 Å². The smallest absolute Gasteiger partial charge is 0.270 e. The highest BCUT2D eigenvalue weighted by Crippen LogP contribution is 2.26. The number of nitrogens with one attached hydrogen (secondary N) is 1. The summed E-state index contributed by atoms with van der Waals surface area (Å²) in [7, 11) is 3.55. The molecule has 7 heteroatoms. The molecule has 7 nitrogen and oxygen atoms in total. The number of aromatic amines is 1. The van der Waals surface area contributed by atoms with Crippen LogP contribution in [0.15, 0.2) is 30.7 Å². The average Bonchev–Trinajstić information content (AvgIpc) is 3.30. The Hall–Kier alpha value is -2.12. The van der Waals surface area contributed by atoms with Gasteiger partial charge in [-0.1, -0.05) is 0 Å². The van der Waals surface area contributed by atoms with E-state index in [2.05, 4.69) is 10.1 Å². The second-order valence-electron chi connectivity index (χ2n) is 6.07. The van der Waals surface area contributed by atoms with Gasteiger partial charge >= 0.3 is 0 Å². The lowest BCUT2D eigenvalue weighted by molar-refractivity contribution is 0.000425. The number of H-pyrrole nitrogens is 1. The highest BCUT2D eigenvalue weighted by atomic mass is 16.5. The van der Waals surface area contributed by atoms with Crippen LogP contribution in [0.1, 0.15) is 22.5 Å². The molecule has 2 aromatic rings. The lowest BCUT2D eigenvalue weighted by Crippen LogP contribution is -2.42. The monoisotopic (exact) mass is 332 g/mol. The third kappa shape index (κ3) is 3.68. The number of ether oxygens (including phenoxy) is 2. The molecule has 0 aliphatic carbocycles. The predicted molar refractivity (Wildman–Crippen MR) is 88.8 cm³/mol. The molecule has 0 radical (unpaired) electrons. The normalized spacial score (nSPS) is 20.7. The first kappa shape index (κ1) is 16.7. The van der Waals surface area contributed by atoms with Crippen molar-refractivity contribution in [2.75, 3.05) is 26.9 Å². The van der Waals surface area contributed by atoms with Crippen molar-refractivity contribution >= 4 is 5.91 Å². The minimum absolute atomic E-state index is 0.00172. The van der Waals surface area contributed by atoms with E-state index in [1.807, 2.05) is 36.5 Å². The van der Waals surface area contributed by atoms with Gasteiger partial charge in [-0.2, -0.15) is 5.10 Å². The number of methoxy groups -OCH3 is 1. The molecule has 24 heavy (non-hydrogen) atoms. The maximum Gasteiger partial charge on any atom is 0.270 e.